The number of hydrogen-bond donors (Lipinski definition) is 0. The molecule has 36 heavy (non-hydrogen) atoms. The smallest absolute Gasteiger partial charge is 0.0437 e. The topological polar surface area (TPSA) is 0 Å². The zero-order chi connectivity index (χ0) is 26.2. The summed E-state index contributed by atoms with van der Waals surface area (Å²) in [7, 11) is 0. The van der Waals surface area contributed by atoms with Gasteiger partial charge < -0.3 is 0 Å². The zero-order valence-electron chi connectivity index (χ0n) is 23.4. The molecule has 0 atom stereocenters. The van der Waals surface area contributed by atoms with Gasteiger partial charge in [-0.1, -0.05) is 89.1 Å². The van der Waals surface area contributed by atoms with Crippen molar-refractivity contribution in [2.24, 2.45) is 0 Å². The highest BCUT2D eigenvalue weighted by atomic mass is 32.1. The average Bonchev–Trinajstić information content (AvgIpc) is 3.41. The van der Waals surface area contributed by atoms with Crippen molar-refractivity contribution in [3.05, 3.63) is 80.5 Å². The zero-order valence-corrected chi connectivity index (χ0v) is 25.1. The molecule has 2 heterocycles. The van der Waals surface area contributed by atoms with Crippen molar-refractivity contribution in [3.8, 4) is 22.3 Å². The van der Waals surface area contributed by atoms with E-state index in [2.05, 4.69) is 118 Å². The molecule has 5 aromatic rings. The second kappa shape index (κ2) is 8.57. The van der Waals surface area contributed by atoms with E-state index in [4.69, 9.17) is 0 Å². The second-order valence-electron chi connectivity index (χ2n) is 12.6. The summed E-state index contributed by atoms with van der Waals surface area (Å²) in [6.45, 7) is 23.0. The molecule has 0 saturated carbocycles. The third-order valence-electron chi connectivity index (χ3n) is 7.26. The summed E-state index contributed by atoms with van der Waals surface area (Å²) in [6, 6.07) is 18.8. The Hall–Kier alpha value is -2.42. The van der Waals surface area contributed by atoms with Gasteiger partial charge in [-0.15, -0.1) is 22.7 Å². The molecule has 0 bridgehead atoms. The van der Waals surface area contributed by atoms with Crippen LogP contribution in [0.1, 0.15) is 73.6 Å². The summed E-state index contributed by atoms with van der Waals surface area (Å²) in [5.41, 5.74) is 11.1. The molecule has 3 aromatic carbocycles. The number of rotatable bonds is 2. The van der Waals surface area contributed by atoms with Crippen molar-refractivity contribution in [1.82, 2.24) is 0 Å². The van der Waals surface area contributed by atoms with E-state index in [1.165, 1.54) is 74.4 Å². The molecule has 0 aliphatic heterocycles. The van der Waals surface area contributed by atoms with Crippen molar-refractivity contribution < 1.29 is 0 Å². The molecule has 0 nitrogen and oxygen atoms in total. The Kier molecular flexibility index (Phi) is 6.01. The Balaban J connectivity index is 2.06. The molecule has 2 heteroatoms. The SMILES string of the molecule is Cc1ccc(C)c(-c2c3cc(C(C)(C)C)sc3c(-c3cc(C)ccc3C)c3cc(C(C)(C)C)sc23)c1. The van der Waals surface area contributed by atoms with E-state index < -0.39 is 0 Å². The highest BCUT2D eigenvalue weighted by Crippen LogP contribution is 2.53. The van der Waals surface area contributed by atoms with Crippen molar-refractivity contribution in [1.29, 1.82) is 0 Å². The maximum atomic E-state index is 2.50. The van der Waals surface area contributed by atoms with Gasteiger partial charge in [0.1, 0.15) is 0 Å². The van der Waals surface area contributed by atoms with Crippen molar-refractivity contribution in [2.45, 2.75) is 80.1 Å². The lowest BCUT2D eigenvalue weighted by Crippen LogP contribution is -2.07. The second-order valence-corrected chi connectivity index (χ2v) is 14.7. The van der Waals surface area contributed by atoms with Crippen molar-refractivity contribution in [3.63, 3.8) is 0 Å². The molecule has 0 saturated heterocycles. The normalized spacial score (nSPS) is 12.7. The molecular formula is C34H38S2. The molecular weight excluding hydrogens is 473 g/mol. The molecule has 0 spiro atoms. The molecule has 0 aliphatic carbocycles. The van der Waals surface area contributed by atoms with E-state index in [-0.39, 0.29) is 10.8 Å². The first-order valence-corrected chi connectivity index (χ1v) is 14.6. The van der Waals surface area contributed by atoms with Crippen LogP contribution in [0.5, 0.6) is 0 Å². The molecule has 2 aromatic heterocycles. The van der Waals surface area contributed by atoms with E-state index in [9.17, 15) is 0 Å². The highest BCUT2D eigenvalue weighted by molar-refractivity contribution is 7.22. The first kappa shape index (κ1) is 25.2. The third kappa shape index (κ3) is 4.23. The van der Waals surface area contributed by atoms with Gasteiger partial charge in [0.05, 0.1) is 0 Å². The van der Waals surface area contributed by atoms with Crippen LogP contribution in [-0.4, -0.2) is 0 Å². The standard InChI is InChI=1S/C34H38S2/c1-19-11-13-21(3)23(15-19)29-25-17-27(33(5,6)7)36-32(25)30(24-16-20(2)12-14-22(24)4)26-18-28(34(8,9)10)35-31(26)29/h11-18H,1-10H3. The first-order valence-electron chi connectivity index (χ1n) is 12.9. The van der Waals surface area contributed by atoms with Crippen molar-refractivity contribution in [2.75, 3.05) is 0 Å². The van der Waals surface area contributed by atoms with E-state index in [0.29, 0.717) is 0 Å². The minimum absolute atomic E-state index is 0.103. The van der Waals surface area contributed by atoms with Gasteiger partial charge in [-0.3, -0.25) is 0 Å². The van der Waals surface area contributed by atoms with Crippen LogP contribution in [0, 0.1) is 27.7 Å². The first-order chi connectivity index (χ1) is 16.8. The van der Waals surface area contributed by atoms with E-state index >= 15 is 0 Å². The molecule has 0 N–H and O–H groups in total. The summed E-state index contributed by atoms with van der Waals surface area (Å²) in [5.74, 6) is 0. The third-order valence-corrected chi connectivity index (χ3v) is 10.4. The number of aryl methyl sites for hydroxylation is 4. The lowest BCUT2D eigenvalue weighted by Gasteiger charge is -2.16. The lowest BCUT2D eigenvalue weighted by atomic mass is 9.87. The molecule has 0 amide bonds. The molecule has 0 aliphatic rings. The largest absolute Gasteiger partial charge is 0.139 e. The molecule has 0 unspecified atom stereocenters. The predicted octanol–water partition coefficient (Wildman–Crippen LogP) is 11.3. The van der Waals surface area contributed by atoms with Crippen LogP contribution in [0.4, 0.5) is 0 Å². The monoisotopic (exact) mass is 510 g/mol. The average molecular weight is 511 g/mol. The number of fused-ring (bicyclic) bond motifs is 2. The fourth-order valence-corrected chi connectivity index (χ4v) is 7.65. The Morgan fingerprint density at radius 2 is 0.861 bits per heavy atom. The van der Waals surface area contributed by atoms with E-state index in [1.807, 2.05) is 22.7 Å². The van der Waals surface area contributed by atoms with Crippen LogP contribution in [0.15, 0.2) is 48.5 Å². The van der Waals surface area contributed by atoms with Crippen LogP contribution in [-0.2, 0) is 10.8 Å². The Labute approximate surface area is 225 Å². The minimum Gasteiger partial charge on any atom is -0.139 e. The van der Waals surface area contributed by atoms with Gasteiger partial charge in [0.25, 0.3) is 0 Å². The van der Waals surface area contributed by atoms with Gasteiger partial charge in [0.2, 0.25) is 0 Å². The summed E-state index contributed by atoms with van der Waals surface area (Å²) >= 11 is 3.99. The highest BCUT2D eigenvalue weighted by Gasteiger charge is 2.27. The van der Waals surface area contributed by atoms with Crippen LogP contribution in [0.3, 0.4) is 0 Å². The Bertz CT molecular complexity index is 1450. The fraction of sp³-hybridized carbons (Fsp3) is 0.353. The number of hydrogen-bond acceptors (Lipinski definition) is 2. The van der Waals surface area contributed by atoms with Gasteiger partial charge in [0.15, 0.2) is 0 Å². The van der Waals surface area contributed by atoms with Gasteiger partial charge in [-0.25, -0.2) is 0 Å². The summed E-state index contributed by atoms with van der Waals surface area (Å²) < 4.78 is 2.85. The molecule has 0 radical (unpaired) electrons. The van der Waals surface area contributed by atoms with Gasteiger partial charge >= 0.3 is 0 Å². The molecule has 0 fully saturated rings. The van der Waals surface area contributed by atoms with Crippen molar-refractivity contribution >= 4 is 42.8 Å². The van der Waals surface area contributed by atoms with Gasteiger partial charge in [0, 0.05) is 41.1 Å². The Morgan fingerprint density at radius 3 is 1.19 bits per heavy atom. The van der Waals surface area contributed by atoms with E-state index in [0.717, 1.165) is 0 Å². The number of thiophene rings is 2. The van der Waals surface area contributed by atoms with Crippen LogP contribution < -0.4 is 0 Å². The maximum absolute atomic E-state index is 2.50. The molecule has 5 rings (SSSR count). The summed E-state index contributed by atoms with van der Waals surface area (Å²) in [5, 5.41) is 2.81. The van der Waals surface area contributed by atoms with Gasteiger partial charge in [-0.05, 0) is 72.9 Å². The maximum Gasteiger partial charge on any atom is 0.0437 e. The van der Waals surface area contributed by atoms with Crippen LogP contribution in [0.25, 0.3) is 42.4 Å². The Morgan fingerprint density at radius 1 is 0.500 bits per heavy atom. The fourth-order valence-electron chi connectivity index (χ4n) is 5.05. The minimum atomic E-state index is 0.103. The van der Waals surface area contributed by atoms with E-state index in [1.54, 1.807) is 0 Å². The quantitative estimate of drug-likeness (QED) is 0.221. The predicted molar refractivity (Wildman–Crippen MR) is 164 cm³/mol. The van der Waals surface area contributed by atoms with Gasteiger partial charge in [-0.2, -0.15) is 0 Å². The number of benzene rings is 3. The van der Waals surface area contributed by atoms with Crippen LogP contribution >= 0.6 is 22.7 Å². The summed E-state index contributed by atoms with van der Waals surface area (Å²) in [6.07, 6.45) is 0. The lowest BCUT2D eigenvalue weighted by molar-refractivity contribution is 0.604. The molecule has 186 valence electrons. The summed E-state index contributed by atoms with van der Waals surface area (Å²) in [4.78, 5) is 2.90. The van der Waals surface area contributed by atoms with Crippen LogP contribution in [0.2, 0.25) is 0 Å².